The minimum atomic E-state index is 0.0376. The van der Waals surface area contributed by atoms with Crippen LogP contribution in [-0.2, 0) is 11.3 Å². The van der Waals surface area contributed by atoms with E-state index < -0.39 is 0 Å². The van der Waals surface area contributed by atoms with Crippen LogP contribution in [0.25, 0.3) is 5.65 Å². The predicted octanol–water partition coefficient (Wildman–Crippen LogP) is 3.66. The maximum atomic E-state index is 13.3. The Bertz CT molecular complexity index is 808. The molecular formula is C21H29ClN4O2. The van der Waals surface area contributed by atoms with Gasteiger partial charge in [-0.25, -0.2) is 4.98 Å². The highest BCUT2D eigenvalue weighted by Crippen LogP contribution is 2.20. The molecule has 2 aromatic rings. The van der Waals surface area contributed by atoms with E-state index in [0.717, 1.165) is 63.3 Å². The third kappa shape index (κ3) is 4.50. The van der Waals surface area contributed by atoms with Gasteiger partial charge in [0.25, 0.3) is 5.91 Å². The minimum Gasteiger partial charge on any atom is -0.377 e. The zero-order valence-electron chi connectivity index (χ0n) is 16.3. The van der Waals surface area contributed by atoms with Crippen molar-refractivity contribution in [2.45, 2.75) is 57.6 Å². The number of rotatable bonds is 5. The lowest BCUT2D eigenvalue weighted by Gasteiger charge is -2.24. The molecule has 2 saturated heterocycles. The molecule has 2 aromatic heterocycles. The van der Waals surface area contributed by atoms with Crippen LogP contribution in [0, 0.1) is 0 Å². The minimum absolute atomic E-state index is 0.0376. The molecule has 2 aliphatic heterocycles. The van der Waals surface area contributed by atoms with Crippen molar-refractivity contribution in [3.8, 4) is 0 Å². The van der Waals surface area contributed by atoms with Gasteiger partial charge in [0.1, 0.15) is 5.65 Å². The maximum Gasteiger partial charge on any atom is 0.274 e. The molecule has 1 amide bonds. The van der Waals surface area contributed by atoms with Gasteiger partial charge in [0.2, 0.25) is 0 Å². The number of hydrogen-bond acceptors (Lipinski definition) is 4. The number of pyridine rings is 1. The summed E-state index contributed by atoms with van der Waals surface area (Å²) in [6, 6.07) is 3.69. The van der Waals surface area contributed by atoms with E-state index in [4.69, 9.17) is 16.3 Å². The van der Waals surface area contributed by atoms with Crippen LogP contribution in [0.1, 0.15) is 61.1 Å². The van der Waals surface area contributed by atoms with Crippen molar-refractivity contribution in [1.29, 1.82) is 0 Å². The number of carbonyl (C=O) groups is 1. The van der Waals surface area contributed by atoms with E-state index in [0.29, 0.717) is 17.3 Å². The van der Waals surface area contributed by atoms with Crippen molar-refractivity contribution in [3.63, 3.8) is 0 Å². The van der Waals surface area contributed by atoms with E-state index in [9.17, 15) is 4.79 Å². The van der Waals surface area contributed by atoms with E-state index in [-0.39, 0.29) is 12.0 Å². The van der Waals surface area contributed by atoms with Crippen molar-refractivity contribution in [3.05, 3.63) is 34.7 Å². The van der Waals surface area contributed by atoms with Gasteiger partial charge in [-0.3, -0.25) is 4.79 Å². The molecule has 0 radical (unpaired) electrons. The molecule has 6 nitrogen and oxygen atoms in total. The first-order valence-electron chi connectivity index (χ1n) is 10.5. The molecule has 152 valence electrons. The lowest BCUT2D eigenvalue weighted by molar-refractivity contribution is 0.0735. The number of carbonyl (C=O) groups excluding carboxylic acids is 1. The van der Waals surface area contributed by atoms with Crippen LogP contribution in [0.5, 0.6) is 0 Å². The van der Waals surface area contributed by atoms with Gasteiger partial charge >= 0.3 is 0 Å². The molecule has 7 heteroatoms. The Morgan fingerprint density at radius 3 is 2.71 bits per heavy atom. The van der Waals surface area contributed by atoms with Crippen LogP contribution in [0.4, 0.5) is 0 Å². The molecule has 0 aliphatic carbocycles. The van der Waals surface area contributed by atoms with Crippen LogP contribution in [-0.4, -0.2) is 52.5 Å². The summed E-state index contributed by atoms with van der Waals surface area (Å²) in [4.78, 5) is 20.0. The Labute approximate surface area is 171 Å². The lowest BCUT2D eigenvalue weighted by atomic mass is 10.1. The molecule has 0 spiro atoms. The topological polar surface area (TPSA) is 58.9 Å². The van der Waals surface area contributed by atoms with Gasteiger partial charge in [-0.2, -0.15) is 0 Å². The number of aromatic nitrogens is 2. The van der Waals surface area contributed by atoms with Crippen LogP contribution in [0.2, 0.25) is 5.02 Å². The van der Waals surface area contributed by atoms with Gasteiger partial charge in [-0.05, 0) is 37.8 Å². The van der Waals surface area contributed by atoms with Gasteiger partial charge in [0.05, 0.1) is 16.8 Å². The molecule has 0 saturated carbocycles. The van der Waals surface area contributed by atoms with Gasteiger partial charge in [0, 0.05) is 39.0 Å². The first-order valence-corrected chi connectivity index (χ1v) is 10.9. The summed E-state index contributed by atoms with van der Waals surface area (Å²) in [7, 11) is 0. The monoisotopic (exact) mass is 404 g/mol. The Morgan fingerprint density at radius 1 is 1.18 bits per heavy atom. The molecule has 28 heavy (non-hydrogen) atoms. The smallest absolute Gasteiger partial charge is 0.274 e. The average molecular weight is 405 g/mol. The second-order valence-electron chi connectivity index (χ2n) is 7.81. The fourth-order valence-electron chi connectivity index (χ4n) is 4.16. The number of halogens is 1. The summed E-state index contributed by atoms with van der Waals surface area (Å²) in [6.45, 7) is 3.82. The summed E-state index contributed by atoms with van der Waals surface area (Å²) in [5, 5.41) is 4.10. The Balaban J connectivity index is 1.57. The lowest BCUT2D eigenvalue weighted by Crippen LogP contribution is -2.35. The summed E-state index contributed by atoms with van der Waals surface area (Å²) in [5.41, 5.74) is 2.18. The SMILES string of the molecule is O=C(c1nc2ccc(Cl)cn2c1CNC[C@H]1CCCO1)N1CCCCCCC1. The van der Waals surface area contributed by atoms with Gasteiger partial charge in [0.15, 0.2) is 5.69 Å². The van der Waals surface area contributed by atoms with Crippen molar-refractivity contribution in [1.82, 2.24) is 19.6 Å². The summed E-state index contributed by atoms with van der Waals surface area (Å²) < 4.78 is 7.64. The molecule has 0 aromatic carbocycles. The van der Waals surface area contributed by atoms with Crippen molar-refractivity contribution >= 4 is 23.2 Å². The highest BCUT2D eigenvalue weighted by Gasteiger charge is 2.25. The molecule has 1 atom stereocenters. The Kier molecular flexibility index (Phi) is 6.50. The van der Waals surface area contributed by atoms with Gasteiger partial charge in [-0.15, -0.1) is 0 Å². The number of ether oxygens (including phenoxy) is 1. The van der Waals surface area contributed by atoms with Crippen molar-refractivity contribution in [2.75, 3.05) is 26.2 Å². The summed E-state index contributed by atoms with van der Waals surface area (Å²) in [5.74, 6) is 0.0376. The molecule has 4 rings (SSSR count). The maximum absolute atomic E-state index is 13.3. The van der Waals surface area contributed by atoms with Crippen molar-refractivity contribution < 1.29 is 9.53 Å². The van der Waals surface area contributed by atoms with Crippen LogP contribution < -0.4 is 5.32 Å². The van der Waals surface area contributed by atoms with E-state index in [1.807, 2.05) is 27.6 Å². The first-order chi connectivity index (χ1) is 13.7. The fourth-order valence-corrected chi connectivity index (χ4v) is 4.33. The highest BCUT2D eigenvalue weighted by molar-refractivity contribution is 6.30. The standard InChI is InChI=1S/C21H29ClN4O2/c22-16-8-9-19-24-20(21(27)25-10-4-2-1-3-5-11-25)18(26(19)15-16)14-23-13-17-7-6-12-28-17/h8-9,15,17,23H,1-7,10-14H2/t17-/m1/s1. The van der Waals surface area contributed by atoms with E-state index >= 15 is 0 Å². The Morgan fingerprint density at radius 2 is 1.96 bits per heavy atom. The highest BCUT2D eigenvalue weighted by atomic mass is 35.5. The average Bonchev–Trinajstić information content (AvgIpc) is 3.29. The van der Waals surface area contributed by atoms with E-state index in [1.54, 1.807) is 0 Å². The largest absolute Gasteiger partial charge is 0.377 e. The first kappa shape index (κ1) is 19.7. The van der Waals surface area contributed by atoms with Crippen molar-refractivity contribution in [2.24, 2.45) is 0 Å². The number of imidazole rings is 1. The van der Waals surface area contributed by atoms with E-state index in [2.05, 4.69) is 10.3 Å². The number of nitrogens with zero attached hydrogens (tertiary/aromatic N) is 3. The molecule has 2 aliphatic rings. The molecule has 0 bridgehead atoms. The molecule has 1 N–H and O–H groups in total. The number of fused-ring (bicyclic) bond motifs is 1. The normalized spacial score (nSPS) is 21.0. The fraction of sp³-hybridized carbons (Fsp3) is 0.619. The van der Waals surface area contributed by atoms with Crippen LogP contribution in [0.3, 0.4) is 0 Å². The Hall–Kier alpha value is -1.63. The summed E-state index contributed by atoms with van der Waals surface area (Å²) >= 11 is 6.22. The summed E-state index contributed by atoms with van der Waals surface area (Å²) in [6.07, 6.45) is 10.1. The van der Waals surface area contributed by atoms with Gasteiger partial charge < -0.3 is 19.4 Å². The van der Waals surface area contributed by atoms with E-state index in [1.165, 1.54) is 19.3 Å². The molecule has 4 heterocycles. The number of amides is 1. The number of likely N-dealkylation sites (tertiary alicyclic amines) is 1. The molecule has 2 fully saturated rings. The second kappa shape index (κ2) is 9.25. The number of hydrogen-bond donors (Lipinski definition) is 1. The van der Waals surface area contributed by atoms with Crippen LogP contribution >= 0.6 is 11.6 Å². The van der Waals surface area contributed by atoms with Crippen LogP contribution in [0.15, 0.2) is 18.3 Å². The second-order valence-corrected chi connectivity index (χ2v) is 8.24. The quantitative estimate of drug-likeness (QED) is 0.826. The molecule has 0 unspecified atom stereocenters. The third-order valence-electron chi connectivity index (χ3n) is 5.72. The third-order valence-corrected chi connectivity index (χ3v) is 5.94. The van der Waals surface area contributed by atoms with Gasteiger partial charge in [-0.1, -0.05) is 30.9 Å². The zero-order chi connectivity index (χ0) is 19.3. The predicted molar refractivity (Wildman–Crippen MR) is 110 cm³/mol. The zero-order valence-corrected chi connectivity index (χ0v) is 17.1. The number of nitrogens with one attached hydrogen (secondary N) is 1. The molecular weight excluding hydrogens is 376 g/mol.